The van der Waals surface area contributed by atoms with Crippen LogP contribution in [0.2, 0.25) is 0 Å². The highest BCUT2D eigenvalue weighted by Crippen LogP contribution is 2.35. The molecule has 0 atom stereocenters. The first kappa shape index (κ1) is 20.4. The number of aromatic nitrogens is 3. The lowest BCUT2D eigenvalue weighted by molar-refractivity contribution is 0.248. The van der Waals surface area contributed by atoms with Crippen molar-refractivity contribution in [1.82, 2.24) is 19.5 Å². The monoisotopic (exact) mass is 437 g/mol. The van der Waals surface area contributed by atoms with E-state index in [0.717, 1.165) is 56.9 Å². The summed E-state index contributed by atoms with van der Waals surface area (Å²) < 4.78 is 2.16. The third-order valence-corrected chi connectivity index (χ3v) is 7.17. The Kier molecular flexibility index (Phi) is 5.35. The van der Waals surface area contributed by atoms with Gasteiger partial charge in [0, 0.05) is 49.5 Å². The van der Waals surface area contributed by atoms with Crippen LogP contribution >= 0.6 is 0 Å². The molecule has 6 rings (SSSR count). The molecule has 4 aromatic rings. The standard InChI is InChI=1S/C28H31N5/c1-21-26(23-12-6-3-7-13-23)27-29-25-15-9-8-14-24(25)28(33(27)30-21)32-18-16-31(17-19-32)20-22-10-4-2-5-11-22/h2-7,10-13H,8-9,14-20H2,1H3. The fourth-order valence-corrected chi connectivity index (χ4v) is 5.50. The molecule has 0 unspecified atom stereocenters. The van der Waals surface area contributed by atoms with Crippen LogP contribution in [-0.4, -0.2) is 45.7 Å². The minimum atomic E-state index is 1.01. The quantitative estimate of drug-likeness (QED) is 0.455. The SMILES string of the molecule is Cc1nn2c(N3CCN(Cc4ccccc4)CC3)c3c(nc2c1-c1ccccc1)CCCC3. The zero-order chi connectivity index (χ0) is 22.2. The van der Waals surface area contributed by atoms with Crippen molar-refractivity contribution in [2.45, 2.75) is 39.2 Å². The zero-order valence-corrected chi connectivity index (χ0v) is 19.4. The molecule has 2 aliphatic rings. The van der Waals surface area contributed by atoms with Crippen LogP contribution in [0.1, 0.15) is 35.4 Å². The molecule has 5 nitrogen and oxygen atoms in total. The van der Waals surface area contributed by atoms with Crippen molar-refractivity contribution >= 4 is 11.5 Å². The second kappa shape index (κ2) is 8.64. The Hall–Kier alpha value is -3.18. The van der Waals surface area contributed by atoms with Gasteiger partial charge >= 0.3 is 0 Å². The molecule has 0 amide bonds. The molecule has 5 heteroatoms. The molecular formula is C28H31N5. The molecule has 2 aromatic carbocycles. The molecular weight excluding hydrogens is 406 g/mol. The fourth-order valence-electron chi connectivity index (χ4n) is 5.50. The summed E-state index contributed by atoms with van der Waals surface area (Å²) in [5, 5.41) is 5.06. The number of fused-ring (bicyclic) bond motifs is 2. The van der Waals surface area contributed by atoms with Gasteiger partial charge in [0.15, 0.2) is 5.65 Å². The van der Waals surface area contributed by atoms with Gasteiger partial charge in [-0.15, -0.1) is 0 Å². The van der Waals surface area contributed by atoms with Gasteiger partial charge in [-0.1, -0.05) is 60.7 Å². The molecule has 0 saturated carbocycles. The summed E-state index contributed by atoms with van der Waals surface area (Å²) in [7, 11) is 0. The van der Waals surface area contributed by atoms with E-state index in [1.54, 1.807) is 0 Å². The van der Waals surface area contributed by atoms with Crippen molar-refractivity contribution in [3.05, 3.63) is 83.2 Å². The predicted molar refractivity (Wildman–Crippen MR) is 134 cm³/mol. The van der Waals surface area contributed by atoms with Crippen molar-refractivity contribution in [2.75, 3.05) is 31.1 Å². The van der Waals surface area contributed by atoms with Crippen LogP contribution in [0.25, 0.3) is 16.8 Å². The lowest BCUT2D eigenvalue weighted by atomic mass is 9.95. The van der Waals surface area contributed by atoms with E-state index in [-0.39, 0.29) is 0 Å². The maximum atomic E-state index is 5.20. The normalized spacial score (nSPS) is 16.8. The Morgan fingerprint density at radius 2 is 1.52 bits per heavy atom. The third-order valence-electron chi connectivity index (χ3n) is 7.17. The molecule has 168 valence electrons. The van der Waals surface area contributed by atoms with Gasteiger partial charge < -0.3 is 4.90 Å². The van der Waals surface area contributed by atoms with Gasteiger partial charge in [0.25, 0.3) is 0 Å². The van der Waals surface area contributed by atoms with Gasteiger partial charge in [0.05, 0.1) is 5.69 Å². The van der Waals surface area contributed by atoms with Crippen LogP contribution in [0, 0.1) is 6.92 Å². The molecule has 3 heterocycles. The largest absolute Gasteiger partial charge is 0.354 e. The van der Waals surface area contributed by atoms with Gasteiger partial charge in [0.1, 0.15) is 5.82 Å². The number of hydrogen-bond donors (Lipinski definition) is 0. The highest BCUT2D eigenvalue weighted by Gasteiger charge is 2.28. The number of piperazine rings is 1. The number of aryl methyl sites for hydroxylation is 2. The van der Waals surface area contributed by atoms with Crippen molar-refractivity contribution in [3.63, 3.8) is 0 Å². The molecule has 0 radical (unpaired) electrons. The number of benzene rings is 2. The summed E-state index contributed by atoms with van der Waals surface area (Å²) in [5.74, 6) is 1.29. The summed E-state index contributed by atoms with van der Waals surface area (Å²) in [6.45, 7) is 7.34. The Bertz CT molecular complexity index is 1250. The fraction of sp³-hybridized carbons (Fsp3) is 0.357. The predicted octanol–water partition coefficient (Wildman–Crippen LogP) is 4.91. The summed E-state index contributed by atoms with van der Waals surface area (Å²) >= 11 is 0. The number of rotatable bonds is 4. The van der Waals surface area contributed by atoms with E-state index >= 15 is 0 Å². The molecule has 1 aliphatic carbocycles. The van der Waals surface area contributed by atoms with E-state index in [2.05, 4.69) is 81.9 Å². The highest BCUT2D eigenvalue weighted by atomic mass is 15.4. The van der Waals surface area contributed by atoms with E-state index in [9.17, 15) is 0 Å². The molecule has 0 bridgehead atoms. The van der Waals surface area contributed by atoms with Crippen molar-refractivity contribution < 1.29 is 0 Å². The minimum absolute atomic E-state index is 1.01. The molecule has 0 N–H and O–H groups in total. The van der Waals surface area contributed by atoms with Crippen LogP contribution in [0.4, 0.5) is 5.82 Å². The minimum Gasteiger partial charge on any atom is -0.354 e. The van der Waals surface area contributed by atoms with Crippen LogP contribution in [-0.2, 0) is 19.4 Å². The average Bonchev–Trinajstić information content (AvgIpc) is 3.19. The van der Waals surface area contributed by atoms with E-state index in [4.69, 9.17) is 10.1 Å². The van der Waals surface area contributed by atoms with Crippen LogP contribution in [0.5, 0.6) is 0 Å². The lowest BCUT2D eigenvalue weighted by Crippen LogP contribution is -2.47. The summed E-state index contributed by atoms with van der Waals surface area (Å²) in [6.07, 6.45) is 4.66. The molecule has 1 saturated heterocycles. The van der Waals surface area contributed by atoms with E-state index < -0.39 is 0 Å². The van der Waals surface area contributed by atoms with Crippen LogP contribution < -0.4 is 4.90 Å². The first-order valence-electron chi connectivity index (χ1n) is 12.3. The maximum absolute atomic E-state index is 5.20. The average molecular weight is 438 g/mol. The molecule has 1 aliphatic heterocycles. The van der Waals surface area contributed by atoms with Gasteiger partial charge in [0.2, 0.25) is 0 Å². The molecule has 2 aromatic heterocycles. The first-order valence-corrected chi connectivity index (χ1v) is 12.3. The Balaban J connectivity index is 1.37. The van der Waals surface area contributed by atoms with Crippen molar-refractivity contribution in [3.8, 4) is 11.1 Å². The summed E-state index contributed by atoms with van der Waals surface area (Å²) in [6, 6.07) is 21.4. The van der Waals surface area contributed by atoms with E-state index in [1.807, 2.05) is 0 Å². The number of anilines is 1. The van der Waals surface area contributed by atoms with Gasteiger partial charge in [-0.05, 0) is 43.7 Å². The number of nitrogens with zero attached hydrogens (tertiary/aromatic N) is 5. The van der Waals surface area contributed by atoms with Gasteiger partial charge in [-0.25, -0.2) is 4.98 Å². The van der Waals surface area contributed by atoms with E-state index in [0.29, 0.717) is 0 Å². The Morgan fingerprint density at radius 3 is 2.27 bits per heavy atom. The first-order chi connectivity index (χ1) is 16.3. The third kappa shape index (κ3) is 3.80. The molecule has 33 heavy (non-hydrogen) atoms. The zero-order valence-electron chi connectivity index (χ0n) is 19.4. The van der Waals surface area contributed by atoms with Crippen LogP contribution in [0.3, 0.4) is 0 Å². The highest BCUT2D eigenvalue weighted by molar-refractivity contribution is 5.81. The van der Waals surface area contributed by atoms with Crippen molar-refractivity contribution in [2.24, 2.45) is 0 Å². The van der Waals surface area contributed by atoms with E-state index in [1.165, 1.54) is 46.6 Å². The Labute approximate surface area is 195 Å². The van der Waals surface area contributed by atoms with Crippen molar-refractivity contribution in [1.29, 1.82) is 0 Å². The maximum Gasteiger partial charge on any atom is 0.165 e. The smallest absolute Gasteiger partial charge is 0.165 e. The second-order valence-electron chi connectivity index (χ2n) is 9.38. The number of hydrogen-bond acceptors (Lipinski definition) is 4. The van der Waals surface area contributed by atoms with Crippen LogP contribution in [0.15, 0.2) is 60.7 Å². The topological polar surface area (TPSA) is 36.7 Å². The molecule has 1 fully saturated rings. The summed E-state index contributed by atoms with van der Waals surface area (Å²) in [5.41, 5.74) is 8.55. The Morgan fingerprint density at radius 1 is 0.818 bits per heavy atom. The summed E-state index contributed by atoms with van der Waals surface area (Å²) in [4.78, 5) is 10.3. The van der Waals surface area contributed by atoms with Gasteiger partial charge in [-0.2, -0.15) is 9.61 Å². The lowest BCUT2D eigenvalue weighted by Gasteiger charge is -2.37. The second-order valence-corrected chi connectivity index (χ2v) is 9.38. The van der Waals surface area contributed by atoms with Gasteiger partial charge in [-0.3, -0.25) is 4.90 Å². The molecule has 0 spiro atoms.